The van der Waals surface area contributed by atoms with Crippen LogP contribution in [0.15, 0.2) is 29.4 Å². The summed E-state index contributed by atoms with van der Waals surface area (Å²) in [5.41, 5.74) is 0.301. The Kier molecular flexibility index (Phi) is 6.57. The Bertz CT molecular complexity index is 1900. The van der Waals surface area contributed by atoms with Crippen molar-refractivity contribution < 1.29 is 27.1 Å². The van der Waals surface area contributed by atoms with Crippen LogP contribution in [0.1, 0.15) is 48.7 Å². The summed E-state index contributed by atoms with van der Waals surface area (Å²) in [6.45, 7) is 1.63. The minimum atomic E-state index is -4.09. The van der Waals surface area contributed by atoms with Gasteiger partial charge in [-0.1, -0.05) is 17.4 Å². The SMILES string of the molecule is N#CC1(NS(=O)(=O)c2ccc3c4c(C5CCN(C(=O)N6CC(O)C6)CC5)ncnc4n(-c4nnc(C(F)F)s4)c3c2)CC1. The van der Waals surface area contributed by atoms with E-state index in [2.05, 4.69) is 24.9 Å². The smallest absolute Gasteiger partial charge is 0.320 e. The van der Waals surface area contributed by atoms with Crippen LogP contribution in [0, 0.1) is 11.3 Å². The number of fused-ring (bicyclic) bond motifs is 3. The number of aliphatic hydroxyl groups excluding tert-OH is 1. The predicted molar refractivity (Wildman–Crippen MR) is 149 cm³/mol. The van der Waals surface area contributed by atoms with Crippen LogP contribution in [0.2, 0.25) is 0 Å². The zero-order valence-corrected chi connectivity index (χ0v) is 24.2. The lowest BCUT2D eigenvalue weighted by atomic mass is 9.91. The molecular weight excluding hydrogens is 604 g/mol. The number of benzene rings is 1. The van der Waals surface area contributed by atoms with E-state index < -0.39 is 33.1 Å². The molecule has 3 aromatic heterocycles. The second kappa shape index (κ2) is 10.1. The first kappa shape index (κ1) is 28.0. The minimum Gasteiger partial charge on any atom is -0.389 e. The maximum Gasteiger partial charge on any atom is 0.320 e. The fourth-order valence-corrected chi connectivity index (χ4v) is 7.86. The zero-order valence-electron chi connectivity index (χ0n) is 22.5. The molecule has 0 unspecified atom stereocenters. The van der Waals surface area contributed by atoms with E-state index in [9.17, 15) is 32.4 Å². The number of halogens is 2. The minimum absolute atomic E-state index is 0.0583. The maximum atomic E-state index is 13.5. The Balaban J connectivity index is 1.31. The summed E-state index contributed by atoms with van der Waals surface area (Å²) in [6.07, 6.45) is 0.113. The second-order valence-electron chi connectivity index (χ2n) is 11.1. The van der Waals surface area contributed by atoms with Gasteiger partial charge in [0.25, 0.3) is 6.43 Å². The first-order chi connectivity index (χ1) is 20.6. The highest BCUT2D eigenvalue weighted by Crippen LogP contribution is 2.41. The number of aromatic nitrogens is 5. The average molecular weight is 630 g/mol. The van der Waals surface area contributed by atoms with Gasteiger partial charge in [0.1, 0.15) is 11.9 Å². The molecule has 5 heterocycles. The van der Waals surface area contributed by atoms with Gasteiger partial charge >= 0.3 is 6.03 Å². The third-order valence-corrected chi connectivity index (χ3v) is 10.7. The molecule has 2 amide bonds. The number of β-amino-alcohol motifs (C(OH)–C–C–N with tert-alkyl or cyclic N) is 1. The lowest BCUT2D eigenvalue weighted by molar-refractivity contribution is 0.0129. The zero-order chi connectivity index (χ0) is 30.1. The van der Waals surface area contributed by atoms with Crippen molar-refractivity contribution in [3.63, 3.8) is 0 Å². The molecule has 0 atom stereocenters. The Hall–Kier alpha value is -3.85. The van der Waals surface area contributed by atoms with Crippen LogP contribution in [-0.2, 0) is 10.0 Å². The summed E-state index contributed by atoms with van der Waals surface area (Å²) in [5, 5.41) is 27.4. The molecule has 17 heteroatoms. The highest BCUT2D eigenvalue weighted by atomic mass is 32.2. The lowest BCUT2D eigenvalue weighted by Crippen LogP contribution is -2.58. The van der Waals surface area contributed by atoms with Crippen LogP contribution in [-0.4, -0.2) is 91.9 Å². The van der Waals surface area contributed by atoms with E-state index in [-0.39, 0.29) is 22.0 Å². The van der Waals surface area contributed by atoms with Crippen molar-refractivity contribution in [2.24, 2.45) is 0 Å². The number of aliphatic hydroxyl groups is 1. The Morgan fingerprint density at radius 3 is 2.53 bits per heavy atom. The van der Waals surface area contributed by atoms with Crippen LogP contribution >= 0.6 is 11.3 Å². The number of urea groups is 1. The first-order valence-electron chi connectivity index (χ1n) is 13.7. The van der Waals surface area contributed by atoms with E-state index in [4.69, 9.17) is 0 Å². The highest BCUT2D eigenvalue weighted by molar-refractivity contribution is 7.89. The number of nitrogens with one attached hydrogen (secondary N) is 1. The van der Waals surface area contributed by atoms with Gasteiger partial charge in [-0.3, -0.25) is 4.57 Å². The number of likely N-dealkylation sites (tertiary alicyclic amines) is 2. The van der Waals surface area contributed by atoms with E-state index in [1.54, 1.807) is 15.9 Å². The number of piperidine rings is 1. The molecule has 0 spiro atoms. The van der Waals surface area contributed by atoms with Gasteiger partial charge in [-0.2, -0.15) is 9.98 Å². The second-order valence-corrected chi connectivity index (χ2v) is 13.8. The van der Waals surface area contributed by atoms with Gasteiger partial charge < -0.3 is 14.9 Å². The number of nitriles is 1. The summed E-state index contributed by atoms with van der Waals surface area (Å²) in [5.74, 6) is -0.0583. The van der Waals surface area contributed by atoms with Crippen molar-refractivity contribution in [2.45, 2.75) is 54.6 Å². The topological polar surface area (TPSA) is 170 Å². The summed E-state index contributed by atoms with van der Waals surface area (Å²) < 4.78 is 57.5. The molecule has 1 aromatic carbocycles. The molecule has 0 radical (unpaired) electrons. The number of hydrogen-bond donors (Lipinski definition) is 2. The summed E-state index contributed by atoms with van der Waals surface area (Å²) in [6, 6.07) is 6.40. The van der Waals surface area contributed by atoms with E-state index in [1.807, 2.05) is 6.07 Å². The Labute approximate surface area is 247 Å². The number of nitrogens with zero attached hydrogens (tertiary/aromatic N) is 8. The van der Waals surface area contributed by atoms with Crippen molar-refractivity contribution >= 4 is 49.3 Å². The van der Waals surface area contributed by atoms with Gasteiger partial charge in [-0.25, -0.2) is 32.0 Å². The molecule has 0 bridgehead atoms. The molecule has 4 aromatic rings. The van der Waals surface area contributed by atoms with Crippen LogP contribution in [0.5, 0.6) is 0 Å². The summed E-state index contributed by atoms with van der Waals surface area (Å²) in [7, 11) is -4.09. The van der Waals surface area contributed by atoms with Crippen LogP contribution < -0.4 is 4.72 Å². The molecule has 2 aliphatic heterocycles. The fraction of sp³-hybridized carbons (Fsp3) is 0.462. The molecule has 7 rings (SSSR count). The average Bonchev–Trinajstić information content (AvgIpc) is 3.42. The van der Waals surface area contributed by atoms with Crippen LogP contribution in [0.4, 0.5) is 13.6 Å². The third-order valence-electron chi connectivity index (χ3n) is 8.24. The van der Waals surface area contributed by atoms with Gasteiger partial charge in [0.2, 0.25) is 15.2 Å². The molecule has 3 aliphatic rings. The fourth-order valence-electron chi connectivity index (χ4n) is 5.75. The largest absolute Gasteiger partial charge is 0.389 e. The Morgan fingerprint density at radius 1 is 1.16 bits per heavy atom. The van der Waals surface area contributed by atoms with E-state index in [1.165, 1.54) is 23.0 Å². The summed E-state index contributed by atoms with van der Waals surface area (Å²) in [4.78, 5) is 25.1. The van der Waals surface area contributed by atoms with Crippen molar-refractivity contribution in [3.8, 4) is 11.2 Å². The predicted octanol–water partition coefficient (Wildman–Crippen LogP) is 2.67. The maximum absolute atomic E-state index is 13.5. The van der Waals surface area contributed by atoms with Gasteiger partial charge in [0.05, 0.1) is 41.4 Å². The number of amides is 2. The normalized spacial score (nSPS) is 19.2. The first-order valence-corrected chi connectivity index (χ1v) is 16.0. The highest BCUT2D eigenvalue weighted by Gasteiger charge is 2.47. The Morgan fingerprint density at radius 2 is 1.91 bits per heavy atom. The van der Waals surface area contributed by atoms with E-state index >= 15 is 0 Å². The van der Waals surface area contributed by atoms with Crippen molar-refractivity contribution in [2.75, 3.05) is 26.2 Å². The molecule has 224 valence electrons. The lowest BCUT2D eigenvalue weighted by Gasteiger charge is -2.41. The summed E-state index contributed by atoms with van der Waals surface area (Å²) >= 11 is 0.676. The van der Waals surface area contributed by atoms with Gasteiger partial charge in [-0.05, 0) is 37.8 Å². The molecule has 43 heavy (non-hydrogen) atoms. The number of alkyl halides is 2. The number of rotatable bonds is 6. The van der Waals surface area contributed by atoms with Crippen molar-refractivity contribution in [3.05, 3.63) is 35.2 Å². The molecule has 13 nitrogen and oxygen atoms in total. The quantitative estimate of drug-likeness (QED) is 0.326. The number of carbonyl (C=O) groups is 1. The van der Waals surface area contributed by atoms with Crippen LogP contribution in [0.25, 0.3) is 27.1 Å². The van der Waals surface area contributed by atoms with Gasteiger partial charge in [0, 0.05) is 29.8 Å². The van der Waals surface area contributed by atoms with Crippen molar-refractivity contribution in [1.29, 1.82) is 5.26 Å². The number of carbonyl (C=O) groups excluding carboxylic acids is 1. The molecule has 2 saturated heterocycles. The molecule has 2 N–H and O–H groups in total. The molecule has 1 aliphatic carbocycles. The molecule has 1 saturated carbocycles. The third kappa shape index (κ3) is 4.78. The van der Waals surface area contributed by atoms with Gasteiger partial charge in [0.15, 0.2) is 10.7 Å². The van der Waals surface area contributed by atoms with E-state index in [0.29, 0.717) is 90.8 Å². The van der Waals surface area contributed by atoms with E-state index in [0.717, 1.165) is 0 Å². The monoisotopic (exact) mass is 629 g/mol. The number of sulfonamides is 1. The molecule has 3 fully saturated rings. The molecular formula is C26H25F2N9O4S2. The van der Waals surface area contributed by atoms with Crippen molar-refractivity contribution in [1.82, 2.24) is 39.3 Å². The van der Waals surface area contributed by atoms with Crippen LogP contribution in [0.3, 0.4) is 0 Å². The number of hydrogen-bond acceptors (Lipinski definition) is 10. The van der Waals surface area contributed by atoms with Gasteiger partial charge in [-0.15, -0.1) is 10.2 Å². The standard InChI is InChI=1S/C26H25F2N9O4S2/c27-21(28)23-32-33-24(42-23)37-18-9-16(43(40,41)34-26(12-29)5-6-26)1-2-17(18)19-20(30-13-31-22(19)37)14-3-7-35(8-4-14)25(39)36-10-15(38)11-36/h1-2,9,13-15,21,34,38H,3-8,10-11H2.